The predicted molar refractivity (Wildman–Crippen MR) is 141 cm³/mol. The lowest BCUT2D eigenvalue weighted by Gasteiger charge is -2.27. The van der Waals surface area contributed by atoms with E-state index < -0.39 is 24.0 Å². The van der Waals surface area contributed by atoms with Gasteiger partial charge in [0, 0.05) is 10.9 Å². The number of hydrogen-bond acceptors (Lipinski definition) is 8. The van der Waals surface area contributed by atoms with Crippen LogP contribution in [-0.2, 0) is 14.3 Å². The minimum Gasteiger partial charge on any atom is -0.497 e. The topological polar surface area (TPSA) is 129 Å². The summed E-state index contributed by atoms with van der Waals surface area (Å²) < 4.78 is 21.5. The molecule has 10 heteroatoms. The molecule has 2 N–H and O–H groups in total. The largest absolute Gasteiger partial charge is 0.497 e. The summed E-state index contributed by atoms with van der Waals surface area (Å²) in [4.78, 5) is 43.4. The molecule has 2 aromatic carbocycles. The van der Waals surface area contributed by atoms with Crippen LogP contribution in [0.5, 0.6) is 5.75 Å². The van der Waals surface area contributed by atoms with Crippen LogP contribution < -0.4 is 15.4 Å². The number of furan rings is 1. The third-order valence-corrected chi connectivity index (χ3v) is 6.15. The molecule has 0 radical (unpaired) electrons. The van der Waals surface area contributed by atoms with Gasteiger partial charge in [0.05, 0.1) is 48.0 Å². The Hall–Kier alpha value is -5.12. The molecular weight excluding hydrogens is 502 g/mol. The van der Waals surface area contributed by atoms with Crippen LogP contribution >= 0.6 is 0 Å². The number of rotatable bonds is 8. The first-order valence-electron chi connectivity index (χ1n) is 12.2. The van der Waals surface area contributed by atoms with Gasteiger partial charge >= 0.3 is 18.0 Å². The smallest absolute Gasteiger partial charge is 0.339 e. The molecule has 3 heterocycles. The van der Waals surface area contributed by atoms with Crippen molar-refractivity contribution in [2.45, 2.75) is 13.0 Å². The molecule has 2 amide bonds. The Bertz CT molecular complexity index is 1560. The van der Waals surface area contributed by atoms with Crippen LogP contribution in [-0.4, -0.2) is 43.3 Å². The second kappa shape index (κ2) is 11.1. The molecule has 1 aliphatic rings. The van der Waals surface area contributed by atoms with E-state index in [1.807, 2.05) is 36.4 Å². The molecule has 0 saturated carbocycles. The lowest BCUT2D eigenvalue weighted by atomic mass is 10.0. The van der Waals surface area contributed by atoms with E-state index in [0.717, 1.165) is 5.56 Å². The summed E-state index contributed by atoms with van der Waals surface area (Å²) in [7, 11) is 1.59. The van der Waals surface area contributed by atoms with E-state index in [1.54, 1.807) is 44.4 Å². The van der Waals surface area contributed by atoms with Gasteiger partial charge in [-0.2, -0.15) is 0 Å². The van der Waals surface area contributed by atoms with E-state index in [1.165, 1.54) is 6.26 Å². The fraction of sp³-hybridized carbons (Fsp3) is 0.172. The summed E-state index contributed by atoms with van der Waals surface area (Å²) in [5, 5.41) is 5.83. The summed E-state index contributed by atoms with van der Waals surface area (Å²) in [6.45, 7) is 1.40. The number of amides is 2. The van der Waals surface area contributed by atoms with Crippen molar-refractivity contribution in [1.82, 2.24) is 15.6 Å². The standard InChI is InChI=1S/C29H25N3O7/c1-3-37-28(34)25-23(31-29(35)32-26(25)24-9-6-14-38-24)16-39-27(33)20-15-22(17-10-12-18(36-2)13-11-17)30-21-8-5-4-7-19(20)21/h4-15,26H,3,16H2,1-2H3,(H2,31,32,35). The minimum absolute atomic E-state index is 0.0812. The second-order valence-electron chi connectivity index (χ2n) is 8.54. The number of carbonyl (C=O) groups excluding carboxylic acids is 3. The van der Waals surface area contributed by atoms with Gasteiger partial charge in [-0.05, 0) is 55.5 Å². The molecule has 2 aromatic heterocycles. The van der Waals surface area contributed by atoms with Gasteiger partial charge in [0.25, 0.3) is 0 Å². The van der Waals surface area contributed by atoms with Crippen molar-refractivity contribution in [3.05, 3.63) is 95.6 Å². The van der Waals surface area contributed by atoms with E-state index in [-0.39, 0.29) is 30.0 Å². The highest BCUT2D eigenvalue weighted by atomic mass is 16.5. The number of nitrogens with zero attached hydrogens (tertiary/aromatic N) is 1. The number of nitrogens with one attached hydrogen (secondary N) is 2. The Morgan fingerprint density at radius 3 is 2.51 bits per heavy atom. The molecule has 0 aliphatic carbocycles. The average Bonchev–Trinajstić information content (AvgIpc) is 3.50. The second-order valence-corrected chi connectivity index (χ2v) is 8.54. The maximum absolute atomic E-state index is 13.4. The lowest BCUT2D eigenvalue weighted by molar-refractivity contribution is -0.139. The number of hydrogen-bond donors (Lipinski definition) is 2. The molecule has 0 fully saturated rings. The Morgan fingerprint density at radius 2 is 1.79 bits per heavy atom. The van der Waals surface area contributed by atoms with Gasteiger partial charge in [-0.25, -0.2) is 19.4 Å². The number of methoxy groups -OCH3 is 1. The van der Waals surface area contributed by atoms with Gasteiger partial charge in [-0.15, -0.1) is 0 Å². The zero-order chi connectivity index (χ0) is 27.4. The summed E-state index contributed by atoms with van der Waals surface area (Å²) in [5.41, 5.74) is 2.43. The van der Waals surface area contributed by atoms with Crippen LogP contribution in [0.25, 0.3) is 22.2 Å². The average molecular weight is 528 g/mol. The van der Waals surface area contributed by atoms with Gasteiger partial charge in [-0.1, -0.05) is 18.2 Å². The SMILES string of the molecule is CCOC(=O)C1=C(COC(=O)c2cc(-c3ccc(OC)cc3)nc3ccccc23)NC(=O)NC1c1ccco1. The van der Waals surface area contributed by atoms with Crippen molar-refractivity contribution < 1.29 is 33.0 Å². The zero-order valence-electron chi connectivity index (χ0n) is 21.2. The summed E-state index contributed by atoms with van der Waals surface area (Å²) in [5.74, 6) is -0.294. The first kappa shape index (κ1) is 25.5. The number of ether oxygens (including phenoxy) is 3. The number of esters is 2. The van der Waals surface area contributed by atoms with Crippen LogP contribution in [0.2, 0.25) is 0 Å². The summed E-state index contributed by atoms with van der Waals surface area (Å²) in [6, 6.07) is 18.0. The van der Waals surface area contributed by atoms with Crippen molar-refractivity contribution in [2.24, 2.45) is 0 Å². The number of pyridine rings is 1. The van der Waals surface area contributed by atoms with Crippen LogP contribution in [0.15, 0.2) is 88.7 Å². The minimum atomic E-state index is -0.912. The van der Waals surface area contributed by atoms with Gasteiger partial charge in [0.2, 0.25) is 0 Å². The molecule has 1 atom stereocenters. The van der Waals surface area contributed by atoms with E-state index in [4.69, 9.17) is 23.6 Å². The Balaban J connectivity index is 1.49. The number of para-hydroxylation sites is 1. The summed E-state index contributed by atoms with van der Waals surface area (Å²) >= 11 is 0. The number of carbonyl (C=O) groups is 3. The van der Waals surface area contributed by atoms with Crippen LogP contribution in [0.3, 0.4) is 0 Å². The number of benzene rings is 2. The molecule has 1 unspecified atom stereocenters. The maximum Gasteiger partial charge on any atom is 0.339 e. The number of urea groups is 1. The maximum atomic E-state index is 13.4. The predicted octanol–water partition coefficient (Wildman–Crippen LogP) is 4.53. The fourth-order valence-corrected chi connectivity index (χ4v) is 4.32. The van der Waals surface area contributed by atoms with Crippen molar-refractivity contribution in [3.63, 3.8) is 0 Å². The normalized spacial score (nSPS) is 14.9. The Labute approximate surface area is 223 Å². The van der Waals surface area contributed by atoms with Crippen molar-refractivity contribution in [3.8, 4) is 17.0 Å². The first-order chi connectivity index (χ1) is 19.0. The molecule has 1 aliphatic heterocycles. The van der Waals surface area contributed by atoms with Crippen LogP contribution in [0.4, 0.5) is 4.79 Å². The van der Waals surface area contributed by atoms with Gasteiger partial charge in [-0.3, -0.25) is 0 Å². The highest BCUT2D eigenvalue weighted by Crippen LogP contribution is 2.30. The van der Waals surface area contributed by atoms with Gasteiger partial charge < -0.3 is 29.3 Å². The Kier molecular flexibility index (Phi) is 7.26. The molecule has 0 saturated heterocycles. The zero-order valence-corrected chi connectivity index (χ0v) is 21.2. The van der Waals surface area contributed by atoms with E-state index in [0.29, 0.717) is 28.1 Å². The molecule has 0 spiro atoms. The van der Waals surface area contributed by atoms with Crippen molar-refractivity contribution >= 4 is 28.9 Å². The third-order valence-electron chi connectivity index (χ3n) is 6.15. The summed E-state index contributed by atoms with van der Waals surface area (Å²) in [6.07, 6.45) is 1.43. The third kappa shape index (κ3) is 5.30. The number of fused-ring (bicyclic) bond motifs is 1. The monoisotopic (exact) mass is 527 g/mol. The first-order valence-corrected chi connectivity index (χ1v) is 12.2. The van der Waals surface area contributed by atoms with Gasteiger partial charge in [0.1, 0.15) is 24.2 Å². The lowest BCUT2D eigenvalue weighted by Crippen LogP contribution is -2.47. The molecule has 4 aromatic rings. The fourth-order valence-electron chi connectivity index (χ4n) is 4.32. The molecule has 5 rings (SSSR count). The molecule has 198 valence electrons. The Morgan fingerprint density at radius 1 is 1.00 bits per heavy atom. The van der Waals surface area contributed by atoms with Crippen molar-refractivity contribution in [2.75, 3.05) is 20.3 Å². The molecule has 10 nitrogen and oxygen atoms in total. The highest BCUT2D eigenvalue weighted by Gasteiger charge is 2.36. The molecule has 0 bridgehead atoms. The quantitative estimate of drug-likeness (QED) is 0.320. The molecular formula is C29H25N3O7. The number of aromatic nitrogens is 1. The molecule has 39 heavy (non-hydrogen) atoms. The van der Waals surface area contributed by atoms with Crippen molar-refractivity contribution in [1.29, 1.82) is 0 Å². The van der Waals surface area contributed by atoms with E-state index in [2.05, 4.69) is 10.6 Å². The van der Waals surface area contributed by atoms with Crippen LogP contribution in [0, 0.1) is 0 Å². The van der Waals surface area contributed by atoms with E-state index in [9.17, 15) is 14.4 Å². The van der Waals surface area contributed by atoms with Crippen LogP contribution in [0.1, 0.15) is 29.1 Å². The highest BCUT2D eigenvalue weighted by molar-refractivity contribution is 6.05. The van der Waals surface area contributed by atoms with Gasteiger partial charge in [0.15, 0.2) is 0 Å². The van der Waals surface area contributed by atoms with E-state index >= 15 is 0 Å².